The smallest absolute Gasteiger partial charge is 0.159 e. The van der Waals surface area contributed by atoms with Gasteiger partial charge in [0.05, 0.1) is 22.1 Å². The number of rotatable bonds is 12. The van der Waals surface area contributed by atoms with Crippen LogP contribution >= 0.6 is 0 Å². The van der Waals surface area contributed by atoms with Gasteiger partial charge < -0.3 is 9.13 Å². The molecule has 0 unspecified atom stereocenters. The van der Waals surface area contributed by atoms with Gasteiger partial charge in [-0.05, 0) is 208 Å². The van der Waals surface area contributed by atoms with Crippen molar-refractivity contribution in [2.75, 3.05) is 0 Å². The molecule has 412 valence electrons. The fraction of sp³-hybridized carbons (Fsp3) is 0.0633. The molecule has 0 radical (unpaired) electrons. The van der Waals surface area contributed by atoms with Crippen LogP contribution in [0.2, 0.25) is 0 Å². The van der Waals surface area contributed by atoms with E-state index in [-0.39, 0.29) is 0 Å². The van der Waals surface area contributed by atoms with Crippen LogP contribution in [-0.2, 0) is 6.42 Å². The summed E-state index contributed by atoms with van der Waals surface area (Å²) in [5.74, 6) is 2.14. The summed E-state index contributed by atoms with van der Waals surface area (Å²) in [6.07, 6.45) is 27.1. The Morgan fingerprint density at radius 1 is 0.333 bits per heavy atom. The molecule has 0 N–H and O–H groups in total. The fourth-order valence-electron chi connectivity index (χ4n) is 13.0. The first-order valence-electron chi connectivity index (χ1n) is 29.9. The van der Waals surface area contributed by atoms with E-state index in [4.69, 9.17) is 0 Å². The first-order chi connectivity index (χ1) is 43.1. The normalized spacial score (nSPS) is 13.3. The van der Waals surface area contributed by atoms with Gasteiger partial charge in [0.2, 0.25) is 0 Å². The molecule has 0 amide bonds. The summed E-state index contributed by atoms with van der Waals surface area (Å²) >= 11 is 0. The quantitative estimate of drug-likeness (QED) is 0.121. The van der Waals surface area contributed by atoms with Crippen LogP contribution in [0.15, 0.2) is 280 Å². The number of hydrogen-bond donors (Lipinski definition) is 0. The van der Waals surface area contributed by atoms with E-state index in [1.807, 2.05) is 30.6 Å². The lowest BCUT2D eigenvalue weighted by Crippen LogP contribution is -1.99. The van der Waals surface area contributed by atoms with Crippen molar-refractivity contribution in [1.29, 1.82) is 0 Å². The van der Waals surface area contributed by atoms with Gasteiger partial charge in [0, 0.05) is 86.8 Å². The summed E-state index contributed by atoms with van der Waals surface area (Å²) < 4.78 is 4.89. The molecule has 16 rings (SSSR count). The molecule has 0 bridgehead atoms. The van der Waals surface area contributed by atoms with Crippen molar-refractivity contribution >= 4 is 60.3 Å². The second-order valence-electron chi connectivity index (χ2n) is 22.5. The van der Waals surface area contributed by atoms with Gasteiger partial charge in [-0.25, -0.2) is 29.9 Å². The summed E-state index contributed by atoms with van der Waals surface area (Å²) in [6, 6.07) is 77.4. The van der Waals surface area contributed by atoms with Gasteiger partial charge in [-0.1, -0.05) is 133 Å². The number of aromatic nitrogens is 8. The topological polar surface area (TPSA) is 87.2 Å². The average molecular weight is 1120 g/mol. The van der Waals surface area contributed by atoms with Gasteiger partial charge in [-0.2, -0.15) is 0 Å². The molecule has 2 aliphatic carbocycles. The molecule has 2 aliphatic rings. The van der Waals surface area contributed by atoms with Crippen LogP contribution in [0.3, 0.4) is 0 Å². The first kappa shape index (κ1) is 51.4. The minimum absolute atomic E-state index is 0.680. The van der Waals surface area contributed by atoms with Crippen molar-refractivity contribution in [3.05, 3.63) is 308 Å². The molecule has 0 saturated carbocycles. The molecule has 14 aromatic rings. The van der Waals surface area contributed by atoms with Crippen LogP contribution in [0.25, 0.3) is 128 Å². The Labute approximate surface area is 504 Å². The van der Waals surface area contributed by atoms with Gasteiger partial charge in [-0.3, -0.25) is 0 Å². The van der Waals surface area contributed by atoms with Gasteiger partial charge in [0.25, 0.3) is 0 Å². The number of fused-ring (bicyclic) bond motifs is 6. The van der Waals surface area contributed by atoms with Crippen LogP contribution in [0, 0.1) is 0 Å². The number of hydrogen-bond acceptors (Lipinski definition) is 6. The van der Waals surface area contributed by atoms with Crippen molar-refractivity contribution in [3.8, 4) is 67.5 Å². The van der Waals surface area contributed by atoms with Crippen molar-refractivity contribution in [1.82, 2.24) is 39.0 Å². The third kappa shape index (κ3) is 9.73. The molecule has 0 aliphatic heterocycles. The highest BCUT2D eigenvalue weighted by Crippen LogP contribution is 2.44. The van der Waals surface area contributed by atoms with E-state index in [2.05, 4.69) is 264 Å². The number of benzene rings is 9. The van der Waals surface area contributed by atoms with Gasteiger partial charge >= 0.3 is 0 Å². The van der Waals surface area contributed by atoms with Crippen LogP contribution in [-0.4, -0.2) is 39.0 Å². The van der Waals surface area contributed by atoms with Crippen molar-refractivity contribution in [2.24, 2.45) is 0 Å². The fourth-order valence-corrected chi connectivity index (χ4v) is 13.0. The molecular weight excluding hydrogens is 1060 g/mol. The predicted octanol–water partition coefficient (Wildman–Crippen LogP) is 19.2. The van der Waals surface area contributed by atoms with Crippen LogP contribution in [0.4, 0.5) is 0 Å². The van der Waals surface area contributed by atoms with Crippen molar-refractivity contribution in [3.63, 3.8) is 0 Å². The van der Waals surface area contributed by atoms with E-state index in [0.717, 1.165) is 121 Å². The molecule has 87 heavy (non-hydrogen) atoms. The largest absolute Gasteiger partial charge is 0.309 e. The Balaban J connectivity index is 0.808. The second-order valence-corrected chi connectivity index (χ2v) is 22.5. The third-order valence-electron chi connectivity index (χ3n) is 17.2. The number of nitrogens with zero attached hydrogens (tertiary/aromatic N) is 8. The monoisotopic (exact) mass is 1120 g/mol. The lowest BCUT2D eigenvalue weighted by Gasteiger charge is -2.17. The minimum atomic E-state index is 0.680. The Hall–Kier alpha value is -11.2. The summed E-state index contributed by atoms with van der Waals surface area (Å²) in [5.41, 5.74) is 23.9. The first-order valence-corrected chi connectivity index (χ1v) is 29.9. The van der Waals surface area contributed by atoms with Crippen LogP contribution in [0.5, 0.6) is 0 Å². The zero-order valence-electron chi connectivity index (χ0n) is 47.7. The van der Waals surface area contributed by atoms with Gasteiger partial charge in [0.15, 0.2) is 17.5 Å². The van der Waals surface area contributed by atoms with Crippen LogP contribution < -0.4 is 0 Å². The van der Waals surface area contributed by atoms with Crippen molar-refractivity contribution in [2.45, 2.75) is 32.1 Å². The molecule has 0 fully saturated rings. The van der Waals surface area contributed by atoms with E-state index in [1.165, 1.54) is 55.2 Å². The maximum absolute atomic E-state index is 4.68. The van der Waals surface area contributed by atoms with E-state index in [1.54, 1.807) is 24.8 Å². The Kier molecular flexibility index (Phi) is 13.1. The predicted molar refractivity (Wildman–Crippen MR) is 356 cm³/mol. The Morgan fingerprint density at radius 2 is 0.828 bits per heavy atom. The summed E-state index contributed by atoms with van der Waals surface area (Å²) in [7, 11) is 0. The van der Waals surface area contributed by atoms with Gasteiger partial charge in [-0.15, -0.1) is 0 Å². The van der Waals surface area contributed by atoms with Crippen LogP contribution in [0.1, 0.15) is 53.8 Å². The summed E-state index contributed by atoms with van der Waals surface area (Å²) in [4.78, 5) is 27.9. The molecular formula is C79H56N8. The summed E-state index contributed by atoms with van der Waals surface area (Å²) in [6.45, 7) is 0. The highest BCUT2D eigenvalue weighted by atomic mass is 15.0. The molecule has 0 spiro atoms. The summed E-state index contributed by atoms with van der Waals surface area (Å²) in [5, 5.41) is 4.79. The molecule has 8 heteroatoms. The van der Waals surface area contributed by atoms with E-state index < -0.39 is 0 Å². The maximum atomic E-state index is 4.68. The van der Waals surface area contributed by atoms with Gasteiger partial charge in [0.1, 0.15) is 0 Å². The lowest BCUT2D eigenvalue weighted by molar-refractivity contribution is 1.01. The van der Waals surface area contributed by atoms with E-state index in [9.17, 15) is 0 Å². The highest BCUT2D eigenvalue weighted by molar-refractivity contribution is 6.16. The maximum Gasteiger partial charge on any atom is 0.159 e. The molecule has 8 nitrogen and oxygen atoms in total. The van der Waals surface area contributed by atoms with E-state index in [0.29, 0.717) is 11.6 Å². The minimum Gasteiger partial charge on any atom is -0.309 e. The number of allylic oxidation sites excluding steroid dienone is 8. The molecule has 0 saturated heterocycles. The molecule has 5 aromatic heterocycles. The highest BCUT2D eigenvalue weighted by Gasteiger charge is 2.23. The molecule has 9 aromatic carbocycles. The zero-order chi connectivity index (χ0) is 57.6. The second kappa shape index (κ2) is 22.1. The molecule has 5 heterocycles. The average Bonchev–Trinajstić information content (AvgIpc) is 1.77. The Morgan fingerprint density at radius 3 is 1.46 bits per heavy atom. The lowest BCUT2D eigenvalue weighted by atomic mass is 9.90. The Bertz CT molecular complexity index is 5080. The zero-order valence-corrected chi connectivity index (χ0v) is 47.7. The third-order valence-corrected chi connectivity index (χ3v) is 17.2. The van der Waals surface area contributed by atoms with Crippen molar-refractivity contribution < 1.29 is 0 Å². The van der Waals surface area contributed by atoms with E-state index >= 15 is 0 Å². The SMILES string of the molecule is C1=CC(c2ccc3c(c2)c2cc(-c4ccccc4)ccc2n3-c2ccc(Cc3ccc(-n4c5ccc(-c6cccc(-c7ncccn7)c6)cc5c5cc(C6=CCCC(c7ncccn7)=C6)cc(-c6cccc(-c7ncccn7)c6)c54)cc3)cc2)=CCC1. The standard InChI is InChI=1S/C79H56N8/c1-3-13-54(14-4-1)58-27-34-73-69(47-58)70-48-59(55-15-5-2-6-16-55)28-35-74(70)86(73)66-30-23-52(24-31-66)43-53-25-32-67(33-26-53)87-75-36-29-60(56-17-7-20-62(44-56)77-80-37-10-38-81-77)49-71(75)72-51-65(57-18-8-21-63(45-57)78-82-39-11-40-83-78)50-68(76(72)87)61-19-9-22-64(46-61)79-84-41-12-42-85-79/h1,3-5,7,9-20,22-42,44-51H,2,6,8,21,43H2. The molecule has 0 atom stereocenters.